The third-order valence-electron chi connectivity index (χ3n) is 3.59. The van der Waals surface area contributed by atoms with Crippen molar-refractivity contribution in [1.29, 1.82) is 0 Å². The van der Waals surface area contributed by atoms with Gasteiger partial charge in [0.1, 0.15) is 0 Å². The molecule has 1 aromatic rings. The summed E-state index contributed by atoms with van der Waals surface area (Å²) < 4.78 is 0. The summed E-state index contributed by atoms with van der Waals surface area (Å²) in [5.41, 5.74) is 0.237. The standard InChI is InChI=1S/C15H24N2OS/c1-15(2,3)13-7-6-12(19-13)9-16-11-5-8-14(18)17(4)10-11/h6-7,11,16H,5,8-10H2,1-4H3. The van der Waals surface area contributed by atoms with E-state index in [-0.39, 0.29) is 11.3 Å². The summed E-state index contributed by atoms with van der Waals surface area (Å²) in [4.78, 5) is 16.1. The van der Waals surface area contributed by atoms with E-state index in [1.165, 1.54) is 9.75 Å². The van der Waals surface area contributed by atoms with Crippen molar-refractivity contribution in [2.24, 2.45) is 0 Å². The monoisotopic (exact) mass is 280 g/mol. The smallest absolute Gasteiger partial charge is 0.222 e. The Morgan fingerprint density at radius 2 is 2.16 bits per heavy atom. The molecule has 1 aliphatic rings. The van der Waals surface area contributed by atoms with Crippen LogP contribution in [0.1, 0.15) is 43.4 Å². The molecule has 1 amide bonds. The van der Waals surface area contributed by atoms with Gasteiger partial charge in [-0.3, -0.25) is 4.79 Å². The van der Waals surface area contributed by atoms with Crippen LogP contribution in [-0.4, -0.2) is 30.4 Å². The first kappa shape index (κ1) is 14.5. The van der Waals surface area contributed by atoms with Gasteiger partial charge in [0, 0.05) is 42.4 Å². The molecule has 2 heterocycles. The minimum absolute atomic E-state index is 0.237. The minimum Gasteiger partial charge on any atom is -0.344 e. The van der Waals surface area contributed by atoms with Crippen LogP contribution in [0.2, 0.25) is 0 Å². The highest BCUT2D eigenvalue weighted by atomic mass is 32.1. The number of carbonyl (C=O) groups excluding carboxylic acids is 1. The summed E-state index contributed by atoms with van der Waals surface area (Å²) in [5.74, 6) is 0.268. The molecular formula is C15H24N2OS. The Balaban J connectivity index is 1.86. The van der Waals surface area contributed by atoms with Crippen LogP contribution < -0.4 is 5.32 Å². The average Bonchev–Trinajstić information content (AvgIpc) is 2.79. The molecular weight excluding hydrogens is 256 g/mol. The Labute approximate surface area is 120 Å². The normalized spacial score (nSPS) is 20.9. The fourth-order valence-corrected chi connectivity index (χ4v) is 3.32. The maximum atomic E-state index is 11.4. The quantitative estimate of drug-likeness (QED) is 0.923. The summed E-state index contributed by atoms with van der Waals surface area (Å²) in [7, 11) is 1.89. The fraction of sp³-hybridized carbons (Fsp3) is 0.667. The van der Waals surface area contributed by atoms with Crippen molar-refractivity contribution < 1.29 is 4.79 Å². The molecule has 0 saturated carbocycles. The zero-order chi connectivity index (χ0) is 14.0. The van der Waals surface area contributed by atoms with Crippen LogP contribution >= 0.6 is 11.3 Å². The molecule has 19 heavy (non-hydrogen) atoms. The van der Waals surface area contributed by atoms with Crippen molar-refractivity contribution in [2.45, 2.75) is 51.6 Å². The SMILES string of the molecule is CN1CC(NCc2ccc(C(C)(C)C)s2)CCC1=O. The highest BCUT2D eigenvalue weighted by Gasteiger charge is 2.22. The minimum atomic E-state index is 0.237. The van der Waals surface area contributed by atoms with Crippen LogP contribution in [0.3, 0.4) is 0 Å². The zero-order valence-corrected chi connectivity index (χ0v) is 13.1. The number of nitrogens with zero attached hydrogens (tertiary/aromatic N) is 1. The topological polar surface area (TPSA) is 32.3 Å². The first-order chi connectivity index (χ1) is 8.86. The van der Waals surface area contributed by atoms with Crippen molar-refractivity contribution >= 4 is 17.2 Å². The molecule has 0 spiro atoms. The van der Waals surface area contributed by atoms with Crippen LogP contribution in [0.15, 0.2) is 12.1 Å². The van der Waals surface area contributed by atoms with Gasteiger partial charge in [-0.15, -0.1) is 11.3 Å². The molecule has 106 valence electrons. The van der Waals surface area contributed by atoms with E-state index in [4.69, 9.17) is 0 Å². The third kappa shape index (κ3) is 3.80. The maximum Gasteiger partial charge on any atom is 0.222 e. The highest BCUT2D eigenvalue weighted by Crippen LogP contribution is 2.29. The van der Waals surface area contributed by atoms with Gasteiger partial charge in [-0.25, -0.2) is 0 Å². The van der Waals surface area contributed by atoms with E-state index < -0.39 is 0 Å². The predicted molar refractivity (Wildman–Crippen MR) is 80.5 cm³/mol. The van der Waals surface area contributed by atoms with Gasteiger partial charge >= 0.3 is 0 Å². The fourth-order valence-electron chi connectivity index (χ4n) is 2.30. The number of thiophene rings is 1. The molecule has 1 aromatic heterocycles. The molecule has 2 rings (SSSR count). The molecule has 0 radical (unpaired) electrons. The van der Waals surface area contributed by atoms with E-state index >= 15 is 0 Å². The largest absolute Gasteiger partial charge is 0.344 e. The van der Waals surface area contributed by atoms with Gasteiger partial charge in [-0.2, -0.15) is 0 Å². The number of carbonyl (C=O) groups is 1. The lowest BCUT2D eigenvalue weighted by Gasteiger charge is -2.30. The Hall–Kier alpha value is -0.870. The summed E-state index contributed by atoms with van der Waals surface area (Å²) in [6.45, 7) is 8.48. The predicted octanol–water partition coefficient (Wildman–Crippen LogP) is 2.76. The van der Waals surface area contributed by atoms with Gasteiger partial charge in [0.2, 0.25) is 5.91 Å². The third-order valence-corrected chi connectivity index (χ3v) is 5.10. The molecule has 0 aromatic carbocycles. The van der Waals surface area contributed by atoms with E-state index in [1.54, 1.807) is 0 Å². The number of amides is 1. The molecule has 1 fully saturated rings. The summed E-state index contributed by atoms with van der Waals surface area (Å²) in [6.07, 6.45) is 1.63. The van der Waals surface area contributed by atoms with Crippen LogP contribution in [0.5, 0.6) is 0 Å². The lowest BCUT2D eigenvalue weighted by atomic mass is 9.95. The molecule has 0 aliphatic carbocycles. The van der Waals surface area contributed by atoms with Gasteiger partial charge in [0.25, 0.3) is 0 Å². The Bertz CT molecular complexity index is 447. The first-order valence-corrected chi connectivity index (χ1v) is 7.74. The molecule has 1 N–H and O–H groups in total. The number of likely N-dealkylation sites (tertiary alicyclic amines) is 1. The number of rotatable bonds is 3. The van der Waals surface area contributed by atoms with Crippen molar-refractivity contribution in [3.8, 4) is 0 Å². The molecule has 1 unspecified atom stereocenters. The molecule has 3 nitrogen and oxygen atoms in total. The highest BCUT2D eigenvalue weighted by molar-refractivity contribution is 7.12. The second-order valence-corrected chi connectivity index (χ2v) is 7.58. The molecule has 1 aliphatic heterocycles. The summed E-state index contributed by atoms with van der Waals surface area (Å²) >= 11 is 1.89. The number of hydrogen-bond donors (Lipinski definition) is 1. The van der Waals surface area contributed by atoms with Crippen LogP contribution in [0, 0.1) is 0 Å². The summed E-state index contributed by atoms with van der Waals surface area (Å²) in [5, 5.41) is 3.57. The Morgan fingerprint density at radius 1 is 1.42 bits per heavy atom. The van der Waals surface area contributed by atoms with Gasteiger partial charge in [0.05, 0.1) is 0 Å². The number of piperidine rings is 1. The second kappa shape index (κ2) is 5.63. The van der Waals surface area contributed by atoms with Crippen LogP contribution in [0.25, 0.3) is 0 Å². The van der Waals surface area contributed by atoms with Gasteiger partial charge < -0.3 is 10.2 Å². The lowest BCUT2D eigenvalue weighted by Crippen LogP contribution is -2.46. The van der Waals surface area contributed by atoms with Crippen molar-refractivity contribution in [2.75, 3.05) is 13.6 Å². The average molecular weight is 280 g/mol. The number of likely N-dealkylation sites (N-methyl/N-ethyl adjacent to an activating group) is 1. The van der Waals surface area contributed by atoms with E-state index in [0.717, 1.165) is 19.5 Å². The van der Waals surface area contributed by atoms with Crippen molar-refractivity contribution in [1.82, 2.24) is 10.2 Å². The second-order valence-electron chi connectivity index (χ2n) is 6.41. The van der Waals surface area contributed by atoms with E-state index in [2.05, 4.69) is 38.2 Å². The van der Waals surface area contributed by atoms with Gasteiger partial charge in [-0.1, -0.05) is 20.8 Å². The van der Waals surface area contributed by atoms with Crippen LogP contribution in [-0.2, 0) is 16.8 Å². The maximum absolute atomic E-state index is 11.4. The Morgan fingerprint density at radius 3 is 2.74 bits per heavy atom. The zero-order valence-electron chi connectivity index (χ0n) is 12.3. The van der Waals surface area contributed by atoms with E-state index in [9.17, 15) is 4.79 Å². The molecule has 0 bridgehead atoms. The van der Waals surface area contributed by atoms with E-state index in [1.807, 2.05) is 23.3 Å². The van der Waals surface area contributed by atoms with Gasteiger partial charge in [-0.05, 0) is 24.0 Å². The van der Waals surface area contributed by atoms with Crippen molar-refractivity contribution in [3.63, 3.8) is 0 Å². The number of hydrogen-bond acceptors (Lipinski definition) is 3. The lowest BCUT2D eigenvalue weighted by molar-refractivity contribution is -0.132. The van der Waals surface area contributed by atoms with Crippen molar-refractivity contribution in [3.05, 3.63) is 21.9 Å². The first-order valence-electron chi connectivity index (χ1n) is 6.93. The van der Waals surface area contributed by atoms with Gasteiger partial charge in [0.15, 0.2) is 0 Å². The Kier molecular flexibility index (Phi) is 4.31. The molecule has 4 heteroatoms. The van der Waals surface area contributed by atoms with E-state index in [0.29, 0.717) is 12.5 Å². The number of nitrogens with one attached hydrogen (secondary N) is 1. The molecule has 1 atom stereocenters. The summed E-state index contributed by atoms with van der Waals surface area (Å²) in [6, 6.07) is 4.89. The molecule has 1 saturated heterocycles. The van der Waals surface area contributed by atoms with Crippen LogP contribution in [0.4, 0.5) is 0 Å².